The number of carbonyl (C=O) groups is 2. The van der Waals surface area contributed by atoms with Crippen LogP contribution in [0.25, 0.3) is 0 Å². The molecule has 5 nitrogen and oxygen atoms in total. The van der Waals surface area contributed by atoms with Gasteiger partial charge in [0.25, 0.3) is 0 Å². The van der Waals surface area contributed by atoms with Crippen molar-refractivity contribution in [2.45, 2.75) is 78.9 Å². The summed E-state index contributed by atoms with van der Waals surface area (Å²) >= 11 is 0. The minimum absolute atomic E-state index is 0.187. The van der Waals surface area contributed by atoms with Gasteiger partial charge in [0.15, 0.2) is 0 Å². The van der Waals surface area contributed by atoms with Crippen LogP contribution in [0.5, 0.6) is 0 Å². The van der Waals surface area contributed by atoms with E-state index in [1.165, 1.54) is 13.8 Å². The molecule has 0 N–H and O–H groups in total. The summed E-state index contributed by atoms with van der Waals surface area (Å²) in [5.41, 5.74) is -0.978. The first-order valence-electron chi connectivity index (χ1n) is 7.27. The monoisotopic (exact) mass is 301 g/mol. The van der Waals surface area contributed by atoms with E-state index in [1.807, 2.05) is 27.7 Å². The van der Waals surface area contributed by atoms with E-state index in [2.05, 4.69) is 25.7 Å². The fraction of sp³-hybridized carbons (Fsp3) is 0.875. The Morgan fingerprint density at radius 3 is 1.24 bits per heavy atom. The van der Waals surface area contributed by atoms with Gasteiger partial charge in [-0.05, 0) is 48.5 Å². The molecule has 0 bridgehead atoms. The molecule has 21 heavy (non-hydrogen) atoms. The van der Waals surface area contributed by atoms with Crippen molar-refractivity contribution in [1.82, 2.24) is 4.90 Å². The average Bonchev–Trinajstić information content (AvgIpc) is 2.21. The third kappa shape index (κ3) is 6.46. The minimum atomic E-state index is -0.395. The third-order valence-corrected chi connectivity index (χ3v) is 3.14. The van der Waals surface area contributed by atoms with Crippen LogP contribution in [0.1, 0.15) is 62.3 Å². The molecule has 0 aromatic heterocycles. The summed E-state index contributed by atoms with van der Waals surface area (Å²) in [6.07, 6.45) is 0. The topological polar surface area (TPSA) is 55.8 Å². The highest BCUT2D eigenvalue weighted by Gasteiger charge is 2.45. The van der Waals surface area contributed by atoms with Crippen LogP contribution in [0, 0.1) is 0 Å². The Bertz CT molecular complexity index is 350. The van der Waals surface area contributed by atoms with Gasteiger partial charge < -0.3 is 9.47 Å². The van der Waals surface area contributed by atoms with E-state index >= 15 is 0 Å². The Morgan fingerprint density at radius 2 is 1.05 bits per heavy atom. The maximum Gasteiger partial charge on any atom is 0.302 e. The van der Waals surface area contributed by atoms with E-state index in [0.29, 0.717) is 0 Å². The molecule has 0 rings (SSSR count). The Morgan fingerprint density at radius 1 is 0.762 bits per heavy atom. The standard InChI is InChI=1S/C16H31NO4/c1-12(18)20-10-15(6,7)17(14(3,4)5)16(8,9)11-21-13(2)19/h10-11H2,1-9H3. The third-order valence-electron chi connectivity index (χ3n) is 3.14. The van der Waals surface area contributed by atoms with E-state index in [1.54, 1.807) is 0 Å². The van der Waals surface area contributed by atoms with Crippen LogP contribution in [-0.2, 0) is 19.1 Å². The number of hydrogen-bond acceptors (Lipinski definition) is 5. The molecule has 0 atom stereocenters. The maximum absolute atomic E-state index is 11.1. The van der Waals surface area contributed by atoms with Crippen molar-refractivity contribution in [2.75, 3.05) is 13.2 Å². The average molecular weight is 301 g/mol. The molecule has 0 aliphatic heterocycles. The van der Waals surface area contributed by atoms with Gasteiger partial charge in [-0.15, -0.1) is 0 Å². The lowest BCUT2D eigenvalue weighted by atomic mass is 9.86. The molecule has 0 saturated heterocycles. The summed E-state index contributed by atoms with van der Waals surface area (Å²) in [5, 5.41) is 0. The van der Waals surface area contributed by atoms with Gasteiger partial charge >= 0.3 is 11.9 Å². The van der Waals surface area contributed by atoms with Crippen LogP contribution in [0.3, 0.4) is 0 Å². The summed E-state index contributed by atoms with van der Waals surface area (Å²) in [6.45, 7) is 17.8. The van der Waals surface area contributed by atoms with Gasteiger partial charge in [0.05, 0.1) is 11.1 Å². The largest absolute Gasteiger partial charge is 0.464 e. The predicted octanol–water partition coefficient (Wildman–Crippen LogP) is 2.77. The summed E-state index contributed by atoms with van der Waals surface area (Å²) in [4.78, 5) is 24.5. The van der Waals surface area contributed by atoms with Gasteiger partial charge in [-0.3, -0.25) is 14.5 Å². The number of carbonyl (C=O) groups excluding carboxylic acids is 2. The smallest absolute Gasteiger partial charge is 0.302 e. The van der Waals surface area contributed by atoms with Gasteiger partial charge in [0, 0.05) is 19.4 Å². The zero-order valence-corrected chi connectivity index (χ0v) is 15.0. The molecular weight excluding hydrogens is 270 g/mol. The molecule has 0 aromatic carbocycles. The van der Waals surface area contributed by atoms with E-state index in [4.69, 9.17) is 9.47 Å². The lowest BCUT2D eigenvalue weighted by Crippen LogP contribution is -2.66. The molecule has 5 heteroatoms. The summed E-state index contributed by atoms with van der Waals surface area (Å²) in [5.74, 6) is -0.593. The first-order chi connectivity index (χ1) is 9.20. The van der Waals surface area contributed by atoms with Crippen molar-refractivity contribution in [3.05, 3.63) is 0 Å². The van der Waals surface area contributed by atoms with Crippen LogP contribution in [0.2, 0.25) is 0 Å². The van der Waals surface area contributed by atoms with Gasteiger partial charge in [0.1, 0.15) is 13.2 Å². The number of esters is 2. The number of nitrogens with zero attached hydrogens (tertiary/aromatic N) is 1. The summed E-state index contributed by atoms with van der Waals surface area (Å²) in [6, 6.07) is 0. The van der Waals surface area contributed by atoms with Gasteiger partial charge in [0.2, 0.25) is 0 Å². The Labute approximate surface area is 129 Å². The van der Waals surface area contributed by atoms with Crippen molar-refractivity contribution >= 4 is 11.9 Å². The normalized spacial score (nSPS) is 13.2. The molecule has 0 spiro atoms. The van der Waals surface area contributed by atoms with E-state index < -0.39 is 11.1 Å². The highest BCUT2D eigenvalue weighted by molar-refractivity contribution is 5.66. The van der Waals surface area contributed by atoms with Crippen molar-refractivity contribution in [3.63, 3.8) is 0 Å². The van der Waals surface area contributed by atoms with E-state index in [-0.39, 0.29) is 30.7 Å². The lowest BCUT2D eigenvalue weighted by Gasteiger charge is -2.54. The Hall–Kier alpha value is -1.10. The van der Waals surface area contributed by atoms with Crippen molar-refractivity contribution < 1.29 is 19.1 Å². The fourth-order valence-corrected chi connectivity index (χ4v) is 3.32. The van der Waals surface area contributed by atoms with E-state index in [0.717, 1.165) is 0 Å². The highest BCUT2D eigenvalue weighted by atomic mass is 16.5. The van der Waals surface area contributed by atoms with E-state index in [9.17, 15) is 9.59 Å². The second kappa shape index (κ2) is 6.77. The zero-order valence-electron chi connectivity index (χ0n) is 15.0. The number of ether oxygens (including phenoxy) is 2. The summed E-state index contributed by atoms with van der Waals surface area (Å²) in [7, 11) is 0. The first kappa shape index (κ1) is 19.9. The van der Waals surface area contributed by atoms with Crippen molar-refractivity contribution in [2.24, 2.45) is 0 Å². The summed E-state index contributed by atoms with van der Waals surface area (Å²) < 4.78 is 10.4. The molecule has 124 valence electrons. The fourth-order valence-electron chi connectivity index (χ4n) is 3.32. The molecule has 0 radical (unpaired) electrons. The molecule has 0 aliphatic rings. The molecule has 0 amide bonds. The molecule has 0 saturated carbocycles. The number of rotatable bonds is 6. The van der Waals surface area contributed by atoms with Crippen molar-refractivity contribution in [1.29, 1.82) is 0 Å². The lowest BCUT2D eigenvalue weighted by molar-refractivity contribution is -0.158. The van der Waals surface area contributed by atoms with Crippen LogP contribution >= 0.6 is 0 Å². The van der Waals surface area contributed by atoms with Crippen molar-refractivity contribution in [3.8, 4) is 0 Å². The van der Waals surface area contributed by atoms with Crippen LogP contribution in [0.4, 0.5) is 0 Å². The van der Waals surface area contributed by atoms with Gasteiger partial charge in [-0.2, -0.15) is 0 Å². The Balaban J connectivity index is 5.36. The minimum Gasteiger partial charge on any atom is -0.464 e. The predicted molar refractivity (Wildman–Crippen MR) is 83.0 cm³/mol. The quantitative estimate of drug-likeness (QED) is 0.706. The molecule has 0 aromatic rings. The van der Waals surface area contributed by atoms with Gasteiger partial charge in [-0.1, -0.05) is 0 Å². The second-order valence-electron chi connectivity index (χ2n) is 7.69. The molecule has 0 aliphatic carbocycles. The molecule has 0 heterocycles. The molecule has 0 fully saturated rings. The van der Waals surface area contributed by atoms with Crippen LogP contribution < -0.4 is 0 Å². The Kier molecular flexibility index (Phi) is 6.42. The second-order valence-corrected chi connectivity index (χ2v) is 7.69. The maximum atomic E-state index is 11.1. The molecular formula is C16H31NO4. The van der Waals surface area contributed by atoms with Crippen LogP contribution in [-0.4, -0.2) is 46.7 Å². The number of hydrogen-bond donors (Lipinski definition) is 0. The molecule has 0 unspecified atom stereocenters. The SMILES string of the molecule is CC(=O)OCC(C)(C)N(C(C)(C)C)C(C)(C)COC(C)=O. The van der Waals surface area contributed by atoms with Crippen LogP contribution in [0.15, 0.2) is 0 Å². The highest BCUT2D eigenvalue weighted by Crippen LogP contribution is 2.34. The zero-order chi connectivity index (χ0) is 17.1. The van der Waals surface area contributed by atoms with Gasteiger partial charge in [-0.25, -0.2) is 0 Å². The first-order valence-corrected chi connectivity index (χ1v) is 7.27.